The molecule has 6 rings (SSSR count). The minimum Gasteiger partial charge on any atom is -0.495 e. The Balaban J connectivity index is 1.40. The molecule has 230 valence electrons. The van der Waals surface area contributed by atoms with E-state index in [1.165, 1.54) is 7.11 Å². The van der Waals surface area contributed by atoms with Gasteiger partial charge in [0.05, 0.1) is 25.3 Å². The zero-order valence-electron chi connectivity index (χ0n) is 24.8. The topological polar surface area (TPSA) is 148 Å². The summed E-state index contributed by atoms with van der Waals surface area (Å²) in [7, 11) is 1.51. The van der Waals surface area contributed by atoms with E-state index in [1.54, 1.807) is 30.3 Å². The molecule has 0 saturated heterocycles. The normalized spacial score (nSPS) is 11.6. The molecule has 0 saturated carbocycles. The fourth-order valence-corrected chi connectivity index (χ4v) is 5.11. The molecule has 0 bridgehead atoms. The van der Waals surface area contributed by atoms with Crippen LogP contribution in [0.25, 0.3) is 21.5 Å². The summed E-state index contributed by atoms with van der Waals surface area (Å²) < 4.78 is 11.5. The number of amides is 2. The van der Waals surface area contributed by atoms with Crippen LogP contribution in [0.1, 0.15) is 23.9 Å². The number of carboxylic acid groups (broad SMARTS) is 1. The van der Waals surface area contributed by atoms with Crippen molar-refractivity contribution in [2.24, 2.45) is 0 Å². The summed E-state index contributed by atoms with van der Waals surface area (Å²) in [5.74, 6) is 0.169. The third kappa shape index (κ3) is 7.01. The molecule has 1 atom stereocenters. The Kier molecular flexibility index (Phi) is 8.93. The van der Waals surface area contributed by atoms with Crippen LogP contribution in [0.4, 0.5) is 16.4 Å². The van der Waals surface area contributed by atoms with Gasteiger partial charge >= 0.3 is 18.0 Å². The summed E-state index contributed by atoms with van der Waals surface area (Å²) in [5.41, 5.74) is 1.27. The Labute approximate surface area is 264 Å². The average Bonchev–Trinajstić information content (AvgIpc) is 3.06. The lowest BCUT2D eigenvalue weighted by molar-refractivity contribution is -0.136. The number of rotatable bonds is 11. The van der Waals surface area contributed by atoms with Gasteiger partial charge in [-0.2, -0.15) is 15.0 Å². The maximum atomic E-state index is 13.1. The molecule has 5 aromatic carbocycles. The molecule has 6 aromatic rings. The van der Waals surface area contributed by atoms with Gasteiger partial charge in [-0.3, -0.25) is 10.1 Å². The number of urea groups is 1. The fraction of sp³-hybridized carbons (Fsp3) is 0.114. The molecule has 1 heterocycles. The van der Waals surface area contributed by atoms with Gasteiger partial charge in [-0.05, 0) is 51.4 Å². The molecular formula is C35H30N6O5. The zero-order chi connectivity index (χ0) is 31.9. The van der Waals surface area contributed by atoms with Gasteiger partial charge in [0, 0.05) is 6.54 Å². The molecule has 0 radical (unpaired) electrons. The van der Waals surface area contributed by atoms with Crippen LogP contribution < -0.4 is 25.4 Å². The SMILES string of the molecule is COc1ccccc1NC(=O)Nc1nc(Oc2ccc3ccccc3c2)nc(C(NCCC(=O)O)c2cccc3ccccc23)n1. The molecule has 0 aliphatic heterocycles. The predicted molar refractivity (Wildman–Crippen MR) is 176 cm³/mol. The molecule has 11 heteroatoms. The van der Waals surface area contributed by atoms with Crippen LogP contribution in [0, 0.1) is 0 Å². The van der Waals surface area contributed by atoms with Gasteiger partial charge in [-0.25, -0.2) is 4.79 Å². The van der Waals surface area contributed by atoms with Gasteiger partial charge in [-0.15, -0.1) is 0 Å². The number of hydrogen-bond donors (Lipinski definition) is 4. The monoisotopic (exact) mass is 614 g/mol. The van der Waals surface area contributed by atoms with Crippen molar-refractivity contribution in [3.8, 4) is 17.5 Å². The van der Waals surface area contributed by atoms with Gasteiger partial charge < -0.3 is 25.2 Å². The first kappa shape index (κ1) is 30.0. The van der Waals surface area contributed by atoms with Gasteiger partial charge in [-0.1, -0.05) is 84.9 Å². The Hall–Kier alpha value is -6.07. The number of benzene rings is 5. The number of fused-ring (bicyclic) bond motifs is 2. The van der Waals surface area contributed by atoms with Crippen LogP contribution >= 0.6 is 0 Å². The van der Waals surface area contributed by atoms with Crippen molar-refractivity contribution in [1.82, 2.24) is 20.3 Å². The number of nitrogens with zero attached hydrogens (tertiary/aromatic N) is 3. The Bertz CT molecular complexity index is 2030. The third-order valence-electron chi connectivity index (χ3n) is 7.22. The highest BCUT2D eigenvalue weighted by Crippen LogP contribution is 2.30. The van der Waals surface area contributed by atoms with Crippen LogP contribution in [0.5, 0.6) is 17.5 Å². The van der Waals surface area contributed by atoms with Crippen molar-refractivity contribution < 1.29 is 24.2 Å². The maximum absolute atomic E-state index is 13.1. The van der Waals surface area contributed by atoms with E-state index in [4.69, 9.17) is 9.47 Å². The van der Waals surface area contributed by atoms with Crippen LogP contribution in [0.15, 0.2) is 109 Å². The number of para-hydroxylation sites is 2. The number of hydrogen-bond acceptors (Lipinski definition) is 8. The lowest BCUT2D eigenvalue weighted by atomic mass is 9.98. The van der Waals surface area contributed by atoms with Gasteiger partial charge in [0.1, 0.15) is 11.5 Å². The van der Waals surface area contributed by atoms with Crippen molar-refractivity contribution in [3.05, 3.63) is 121 Å². The molecule has 0 aliphatic carbocycles. The highest BCUT2D eigenvalue weighted by molar-refractivity contribution is 5.99. The molecular weight excluding hydrogens is 584 g/mol. The number of aromatic nitrogens is 3. The number of aliphatic carboxylic acids is 1. The Morgan fingerprint density at radius 2 is 1.52 bits per heavy atom. The quantitative estimate of drug-likeness (QED) is 0.124. The Morgan fingerprint density at radius 3 is 2.35 bits per heavy atom. The second-order valence-electron chi connectivity index (χ2n) is 10.3. The molecule has 0 fully saturated rings. The summed E-state index contributed by atoms with van der Waals surface area (Å²) >= 11 is 0. The molecule has 2 amide bonds. The summed E-state index contributed by atoms with van der Waals surface area (Å²) in [4.78, 5) is 38.3. The smallest absolute Gasteiger partial charge is 0.327 e. The van der Waals surface area contributed by atoms with Crippen molar-refractivity contribution >= 4 is 45.2 Å². The number of anilines is 2. The van der Waals surface area contributed by atoms with Crippen LogP contribution in [0.2, 0.25) is 0 Å². The van der Waals surface area contributed by atoms with Gasteiger partial charge in [0.2, 0.25) is 5.95 Å². The molecule has 1 unspecified atom stereocenters. The molecule has 46 heavy (non-hydrogen) atoms. The first-order valence-corrected chi connectivity index (χ1v) is 14.5. The summed E-state index contributed by atoms with van der Waals surface area (Å²) in [6.07, 6.45) is -0.126. The summed E-state index contributed by atoms with van der Waals surface area (Å²) in [6, 6.07) is 32.8. The fourth-order valence-electron chi connectivity index (χ4n) is 5.11. The standard InChI is InChI=1S/C35H30N6O5/c1-45-29-16-7-6-15-28(29)37-34(44)40-33-38-32(39-35(41-33)46-25-18-17-22-9-2-3-11-24(22)21-25)31(36-20-19-30(42)43)27-14-8-12-23-10-4-5-13-26(23)27/h2-18,21,31,36H,19-20H2,1H3,(H,42,43)(H2,37,38,39,40,41,44). The lowest BCUT2D eigenvalue weighted by Crippen LogP contribution is -2.28. The first-order chi connectivity index (χ1) is 22.5. The van der Waals surface area contributed by atoms with Crippen molar-refractivity contribution in [2.45, 2.75) is 12.5 Å². The van der Waals surface area contributed by atoms with E-state index in [0.29, 0.717) is 17.2 Å². The van der Waals surface area contributed by atoms with Gasteiger partial charge in [0.25, 0.3) is 0 Å². The summed E-state index contributed by atoms with van der Waals surface area (Å²) in [5, 5.41) is 22.0. The number of carbonyl (C=O) groups excluding carboxylic acids is 1. The predicted octanol–water partition coefficient (Wildman–Crippen LogP) is 6.78. The number of methoxy groups -OCH3 is 1. The van der Waals surface area contributed by atoms with Crippen LogP contribution in [-0.2, 0) is 4.79 Å². The number of carboxylic acids is 1. The van der Waals surface area contributed by atoms with E-state index in [2.05, 4.69) is 30.9 Å². The minimum atomic E-state index is -0.949. The first-order valence-electron chi connectivity index (χ1n) is 14.5. The molecule has 1 aromatic heterocycles. The zero-order valence-corrected chi connectivity index (χ0v) is 24.8. The Morgan fingerprint density at radius 1 is 0.783 bits per heavy atom. The highest BCUT2D eigenvalue weighted by Gasteiger charge is 2.23. The molecule has 4 N–H and O–H groups in total. The van der Waals surface area contributed by atoms with E-state index in [9.17, 15) is 14.7 Å². The van der Waals surface area contributed by atoms with E-state index >= 15 is 0 Å². The van der Waals surface area contributed by atoms with E-state index in [-0.39, 0.29) is 30.7 Å². The van der Waals surface area contributed by atoms with E-state index < -0.39 is 18.0 Å². The van der Waals surface area contributed by atoms with Crippen LogP contribution in [0.3, 0.4) is 0 Å². The number of nitrogens with one attached hydrogen (secondary N) is 3. The van der Waals surface area contributed by atoms with Crippen molar-refractivity contribution in [2.75, 3.05) is 24.3 Å². The average molecular weight is 615 g/mol. The summed E-state index contributed by atoms with van der Waals surface area (Å²) in [6.45, 7) is 0.132. The number of carbonyl (C=O) groups is 2. The lowest BCUT2D eigenvalue weighted by Gasteiger charge is -2.20. The maximum Gasteiger partial charge on any atom is 0.327 e. The van der Waals surface area contributed by atoms with Crippen molar-refractivity contribution in [3.63, 3.8) is 0 Å². The minimum absolute atomic E-state index is 0.0573. The second-order valence-corrected chi connectivity index (χ2v) is 10.3. The van der Waals surface area contributed by atoms with Gasteiger partial charge in [0.15, 0.2) is 5.82 Å². The molecule has 0 spiro atoms. The second kappa shape index (κ2) is 13.7. The van der Waals surface area contributed by atoms with E-state index in [1.807, 2.05) is 78.9 Å². The van der Waals surface area contributed by atoms with Crippen LogP contribution in [-0.4, -0.2) is 45.7 Å². The third-order valence-corrected chi connectivity index (χ3v) is 7.22. The number of ether oxygens (including phenoxy) is 2. The van der Waals surface area contributed by atoms with Crippen molar-refractivity contribution in [1.29, 1.82) is 0 Å². The molecule has 0 aliphatic rings. The largest absolute Gasteiger partial charge is 0.495 e. The molecule has 11 nitrogen and oxygen atoms in total. The highest BCUT2D eigenvalue weighted by atomic mass is 16.5. The van der Waals surface area contributed by atoms with E-state index in [0.717, 1.165) is 27.1 Å².